The molecule has 2 aliphatic heterocycles. The number of carbonyl (C=O) groups excluding carboxylic acids is 2. The summed E-state index contributed by atoms with van der Waals surface area (Å²) in [4.78, 5) is 27.1. The largest absolute Gasteiger partial charge is 0.493 e. The van der Waals surface area contributed by atoms with E-state index in [4.69, 9.17) is 26.4 Å². The molecule has 12 heteroatoms. The Morgan fingerprint density at radius 3 is 2.78 bits per heavy atom. The molecule has 2 amide bonds. The van der Waals surface area contributed by atoms with Crippen LogP contribution in [0.5, 0.6) is 11.5 Å². The standard InChI is InChI=1S/C25H23F3N2O5S2/c1-33-20-10-15(11-21-23(32)30(24(36)37-21)13-18-6-3-9-34-18)7-8-19(20)35-14-22(31)29-17-5-2-4-16(12-17)25(26,27)28/h2,4-5,7-8,10-12,18H,3,6,9,13-14H2,1H3,(H,29,31)/b21-11-/t18-/m1/s1. The minimum atomic E-state index is -4.52. The number of halogens is 3. The summed E-state index contributed by atoms with van der Waals surface area (Å²) in [5, 5.41) is 2.38. The Kier molecular flexibility index (Phi) is 8.40. The molecule has 7 nitrogen and oxygen atoms in total. The number of hydrogen-bond donors (Lipinski definition) is 1. The molecule has 2 aromatic rings. The maximum absolute atomic E-state index is 12.9. The van der Waals surface area contributed by atoms with Gasteiger partial charge in [0.05, 0.1) is 30.2 Å². The SMILES string of the molecule is COc1cc(/C=C2\SC(=S)N(C[C@H]3CCCO3)C2=O)ccc1OCC(=O)Nc1cccc(C(F)(F)F)c1. The van der Waals surface area contributed by atoms with Crippen LogP contribution in [0.2, 0.25) is 0 Å². The lowest BCUT2D eigenvalue weighted by Crippen LogP contribution is -2.35. The Balaban J connectivity index is 1.38. The van der Waals surface area contributed by atoms with Crippen molar-refractivity contribution in [3.8, 4) is 11.5 Å². The smallest absolute Gasteiger partial charge is 0.416 e. The number of hydrogen-bond acceptors (Lipinski definition) is 7. The van der Waals surface area contributed by atoms with Crippen molar-refractivity contribution in [1.29, 1.82) is 0 Å². The van der Waals surface area contributed by atoms with Crippen molar-refractivity contribution < 1.29 is 37.0 Å². The summed E-state index contributed by atoms with van der Waals surface area (Å²) < 4.78 is 55.6. The summed E-state index contributed by atoms with van der Waals surface area (Å²) in [6.45, 7) is 0.672. The number of methoxy groups -OCH3 is 1. The molecule has 196 valence electrons. The molecule has 0 aliphatic carbocycles. The van der Waals surface area contributed by atoms with Gasteiger partial charge in [-0.15, -0.1) is 0 Å². The Hall–Kier alpha value is -3.09. The Morgan fingerprint density at radius 1 is 1.27 bits per heavy atom. The number of thiocarbonyl (C=S) groups is 1. The monoisotopic (exact) mass is 552 g/mol. The lowest BCUT2D eigenvalue weighted by atomic mass is 10.1. The van der Waals surface area contributed by atoms with E-state index < -0.39 is 24.3 Å². The quantitative estimate of drug-likeness (QED) is 0.360. The van der Waals surface area contributed by atoms with Gasteiger partial charge >= 0.3 is 6.18 Å². The fourth-order valence-electron chi connectivity index (χ4n) is 3.81. The summed E-state index contributed by atoms with van der Waals surface area (Å²) in [6.07, 6.45) is -0.967. The van der Waals surface area contributed by atoms with Crippen LogP contribution >= 0.6 is 24.0 Å². The summed E-state index contributed by atoms with van der Waals surface area (Å²) in [7, 11) is 1.43. The minimum Gasteiger partial charge on any atom is -0.493 e. The predicted molar refractivity (Wildman–Crippen MR) is 137 cm³/mol. The van der Waals surface area contributed by atoms with E-state index in [-0.39, 0.29) is 23.4 Å². The van der Waals surface area contributed by atoms with Crippen molar-refractivity contribution in [2.24, 2.45) is 0 Å². The number of rotatable bonds is 8. The highest BCUT2D eigenvalue weighted by Gasteiger charge is 2.34. The fourth-order valence-corrected chi connectivity index (χ4v) is 5.08. The van der Waals surface area contributed by atoms with Crippen LogP contribution in [-0.4, -0.2) is 54.0 Å². The first-order valence-corrected chi connectivity index (χ1v) is 12.5. The van der Waals surface area contributed by atoms with E-state index in [1.165, 1.54) is 31.0 Å². The van der Waals surface area contributed by atoms with Crippen molar-refractivity contribution in [2.45, 2.75) is 25.1 Å². The number of nitrogens with zero attached hydrogens (tertiary/aromatic N) is 1. The Bertz CT molecular complexity index is 1230. The van der Waals surface area contributed by atoms with Gasteiger partial charge in [0.15, 0.2) is 18.1 Å². The van der Waals surface area contributed by atoms with Crippen molar-refractivity contribution in [2.75, 3.05) is 32.2 Å². The van der Waals surface area contributed by atoms with Crippen LogP contribution < -0.4 is 14.8 Å². The van der Waals surface area contributed by atoms with E-state index in [0.717, 1.165) is 25.0 Å². The third-order valence-corrected chi connectivity index (χ3v) is 6.98. The van der Waals surface area contributed by atoms with Gasteiger partial charge < -0.3 is 19.5 Å². The van der Waals surface area contributed by atoms with Crippen molar-refractivity contribution in [1.82, 2.24) is 4.90 Å². The molecule has 2 heterocycles. The predicted octanol–water partition coefficient (Wildman–Crippen LogP) is 5.11. The molecule has 0 aromatic heterocycles. The zero-order valence-electron chi connectivity index (χ0n) is 19.7. The summed E-state index contributed by atoms with van der Waals surface area (Å²) in [6, 6.07) is 9.23. The molecule has 1 atom stereocenters. The molecular weight excluding hydrogens is 529 g/mol. The van der Waals surface area contributed by atoms with E-state index >= 15 is 0 Å². The highest BCUT2D eigenvalue weighted by Crippen LogP contribution is 2.35. The Labute approximate surface area is 220 Å². The Morgan fingerprint density at radius 2 is 2.08 bits per heavy atom. The van der Waals surface area contributed by atoms with Gasteiger partial charge in [-0.2, -0.15) is 13.2 Å². The average Bonchev–Trinajstić information content (AvgIpc) is 3.47. The number of anilines is 1. The molecular formula is C25H23F3N2O5S2. The minimum absolute atomic E-state index is 0.00236. The van der Waals surface area contributed by atoms with Crippen LogP contribution in [0.25, 0.3) is 6.08 Å². The molecule has 0 unspecified atom stereocenters. The number of carbonyl (C=O) groups is 2. The van der Waals surface area contributed by atoms with Gasteiger partial charge in [0, 0.05) is 12.3 Å². The van der Waals surface area contributed by atoms with Crippen molar-refractivity contribution in [3.63, 3.8) is 0 Å². The first-order chi connectivity index (χ1) is 17.6. The summed E-state index contributed by atoms with van der Waals surface area (Å²) >= 11 is 6.59. The van der Waals surface area contributed by atoms with E-state index in [9.17, 15) is 22.8 Å². The summed E-state index contributed by atoms with van der Waals surface area (Å²) in [5.74, 6) is -0.253. The molecule has 2 saturated heterocycles. The third-order valence-electron chi connectivity index (χ3n) is 5.60. The third kappa shape index (κ3) is 6.82. The number of amides is 2. The molecule has 0 bridgehead atoms. The molecule has 0 saturated carbocycles. The molecule has 2 fully saturated rings. The molecule has 37 heavy (non-hydrogen) atoms. The molecule has 0 radical (unpaired) electrons. The summed E-state index contributed by atoms with van der Waals surface area (Å²) in [5.41, 5.74) is -0.204. The van der Waals surface area contributed by atoms with Gasteiger partial charge in [0.2, 0.25) is 0 Å². The first kappa shape index (κ1) is 27.0. The van der Waals surface area contributed by atoms with Gasteiger partial charge in [-0.1, -0.05) is 36.1 Å². The number of benzene rings is 2. The van der Waals surface area contributed by atoms with Crippen LogP contribution in [-0.2, 0) is 20.5 Å². The maximum atomic E-state index is 12.9. The van der Waals surface area contributed by atoms with Crippen molar-refractivity contribution in [3.05, 3.63) is 58.5 Å². The number of alkyl halides is 3. The number of nitrogens with one attached hydrogen (secondary N) is 1. The van der Waals surface area contributed by atoms with Gasteiger partial charge in [-0.05, 0) is 54.8 Å². The first-order valence-electron chi connectivity index (χ1n) is 11.3. The van der Waals surface area contributed by atoms with Gasteiger partial charge in [0.1, 0.15) is 4.32 Å². The number of thioether (sulfide) groups is 1. The number of ether oxygens (including phenoxy) is 3. The second-order valence-corrected chi connectivity index (χ2v) is 9.93. The normalized spacial score (nSPS) is 19.0. The lowest BCUT2D eigenvalue weighted by molar-refractivity contribution is -0.137. The highest BCUT2D eigenvalue weighted by atomic mass is 32.2. The highest BCUT2D eigenvalue weighted by molar-refractivity contribution is 8.26. The van der Waals surface area contributed by atoms with Gasteiger partial charge in [-0.25, -0.2) is 0 Å². The molecule has 2 aromatic carbocycles. The molecule has 2 aliphatic rings. The van der Waals surface area contributed by atoms with Gasteiger partial charge in [-0.3, -0.25) is 14.5 Å². The van der Waals surface area contributed by atoms with E-state index in [2.05, 4.69) is 5.32 Å². The van der Waals surface area contributed by atoms with Crippen LogP contribution in [0.4, 0.5) is 18.9 Å². The second-order valence-electron chi connectivity index (χ2n) is 8.25. The zero-order valence-corrected chi connectivity index (χ0v) is 21.3. The van der Waals surface area contributed by atoms with Crippen LogP contribution in [0, 0.1) is 0 Å². The average molecular weight is 553 g/mol. The van der Waals surface area contributed by atoms with Crippen LogP contribution in [0.1, 0.15) is 24.0 Å². The van der Waals surface area contributed by atoms with Crippen LogP contribution in [0.15, 0.2) is 47.4 Å². The van der Waals surface area contributed by atoms with Gasteiger partial charge in [0.25, 0.3) is 11.8 Å². The maximum Gasteiger partial charge on any atom is 0.416 e. The topological polar surface area (TPSA) is 77.1 Å². The molecule has 1 N–H and O–H groups in total. The molecule has 4 rings (SSSR count). The fraction of sp³-hybridized carbons (Fsp3) is 0.320. The molecule has 0 spiro atoms. The van der Waals surface area contributed by atoms with Crippen molar-refractivity contribution >= 4 is 51.9 Å². The van der Waals surface area contributed by atoms with Crippen LogP contribution in [0.3, 0.4) is 0 Å². The zero-order chi connectivity index (χ0) is 26.6. The van der Waals surface area contributed by atoms with E-state index in [0.29, 0.717) is 33.7 Å². The second kappa shape index (κ2) is 11.5. The van der Waals surface area contributed by atoms with E-state index in [1.54, 1.807) is 29.2 Å². The van der Waals surface area contributed by atoms with E-state index in [1.807, 2.05) is 0 Å². The lowest BCUT2D eigenvalue weighted by Gasteiger charge is -2.18.